The maximum atomic E-state index is 5.01. The van der Waals surface area contributed by atoms with Crippen molar-refractivity contribution in [3.63, 3.8) is 0 Å². The van der Waals surface area contributed by atoms with Gasteiger partial charge < -0.3 is 5.32 Å². The summed E-state index contributed by atoms with van der Waals surface area (Å²) in [5, 5.41) is 5.22. The maximum Gasteiger partial charge on any atom is 0.103 e. The molecule has 0 bridgehead atoms. The lowest BCUT2D eigenvalue weighted by Gasteiger charge is -1.91. The Labute approximate surface area is 64.9 Å². The van der Waals surface area contributed by atoms with Crippen LogP contribution in [0.3, 0.4) is 0 Å². The third kappa shape index (κ3) is 1.69. The molecule has 1 nitrogen and oxygen atoms in total. The van der Waals surface area contributed by atoms with Crippen molar-refractivity contribution in [3.05, 3.63) is 11.0 Å². The minimum absolute atomic E-state index is 0.935. The van der Waals surface area contributed by atoms with Gasteiger partial charge in [0.2, 0.25) is 0 Å². The summed E-state index contributed by atoms with van der Waals surface area (Å²) in [4.78, 5) is 0.935. The fraction of sp³-hybridized carbons (Fsp3) is 0.500. The van der Waals surface area contributed by atoms with Crippen LogP contribution in [0.25, 0.3) is 0 Å². The molecule has 9 heavy (non-hydrogen) atoms. The zero-order valence-electron chi connectivity index (χ0n) is 5.31. The second-order valence-corrected chi connectivity index (χ2v) is 3.00. The molecule has 0 atom stereocenters. The van der Waals surface area contributed by atoms with Gasteiger partial charge in [0.15, 0.2) is 0 Å². The van der Waals surface area contributed by atoms with Crippen molar-refractivity contribution in [1.29, 1.82) is 0 Å². The summed E-state index contributed by atoms with van der Waals surface area (Å²) >= 11 is 6.73. The van der Waals surface area contributed by atoms with Gasteiger partial charge >= 0.3 is 0 Å². The molecule has 0 saturated carbocycles. The first kappa shape index (κ1) is 7.09. The van der Waals surface area contributed by atoms with E-state index in [0.717, 1.165) is 18.0 Å². The van der Waals surface area contributed by atoms with E-state index in [2.05, 4.69) is 10.7 Å². The number of thiocarbonyl (C=S) groups is 1. The van der Waals surface area contributed by atoms with Crippen molar-refractivity contribution < 1.29 is 0 Å². The Morgan fingerprint density at radius 3 is 3.00 bits per heavy atom. The lowest BCUT2D eigenvalue weighted by atomic mass is 10.3. The van der Waals surface area contributed by atoms with Crippen molar-refractivity contribution in [2.75, 3.05) is 12.8 Å². The Hall–Kier alpha value is -0.0200. The van der Waals surface area contributed by atoms with Gasteiger partial charge in [-0.3, -0.25) is 0 Å². The number of hydrogen-bond donors (Lipinski definition) is 1. The fourth-order valence-corrected chi connectivity index (χ4v) is 1.65. The molecule has 1 aliphatic heterocycles. The van der Waals surface area contributed by atoms with Crippen molar-refractivity contribution in [3.8, 4) is 0 Å². The molecule has 3 heteroatoms. The van der Waals surface area contributed by atoms with Gasteiger partial charge in [0.1, 0.15) is 4.99 Å². The van der Waals surface area contributed by atoms with Crippen molar-refractivity contribution in [1.82, 2.24) is 5.32 Å². The molecule has 50 valence electrons. The monoisotopic (exact) mass is 159 g/mol. The average molecular weight is 159 g/mol. The first-order valence-electron chi connectivity index (χ1n) is 2.84. The lowest BCUT2D eigenvalue weighted by molar-refractivity contribution is 0.959. The fourth-order valence-electron chi connectivity index (χ4n) is 0.792. The van der Waals surface area contributed by atoms with E-state index in [4.69, 9.17) is 12.2 Å². The summed E-state index contributed by atoms with van der Waals surface area (Å²) in [5.41, 5.74) is 1.29. The number of nitrogens with one attached hydrogen (secondary N) is 1. The summed E-state index contributed by atoms with van der Waals surface area (Å²) in [6.07, 6.45) is 3.15. The molecule has 1 aliphatic rings. The van der Waals surface area contributed by atoms with Crippen molar-refractivity contribution in [2.45, 2.75) is 6.42 Å². The molecular weight excluding hydrogens is 150 g/mol. The first-order chi connectivity index (χ1) is 4.34. The molecule has 0 unspecified atom stereocenters. The topological polar surface area (TPSA) is 12.0 Å². The number of hydrogen-bond acceptors (Lipinski definition) is 2. The predicted octanol–water partition coefficient (Wildman–Crippen LogP) is 1.55. The summed E-state index contributed by atoms with van der Waals surface area (Å²) in [6, 6.07) is 0. The number of thioether (sulfide) groups is 1. The van der Waals surface area contributed by atoms with Crippen LogP contribution in [0.15, 0.2) is 11.0 Å². The van der Waals surface area contributed by atoms with E-state index in [0.29, 0.717) is 0 Å². The van der Waals surface area contributed by atoms with Crippen molar-refractivity contribution in [2.24, 2.45) is 0 Å². The molecule has 1 heterocycles. The standard InChI is InChI=1S/C6H9NS2/c1-9-4-5-2-3-7-6(5)8/h4H,2-3H2,1H3,(H,7,8)/b5-4-. The molecule has 0 radical (unpaired) electrons. The van der Waals surface area contributed by atoms with Crippen LogP contribution >= 0.6 is 24.0 Å². The zero-order chi connectivity index (χ0) is 6.69. The largest absolute Gasteiger partial charge is 0.376 e. The second kappa shape index (κ2) is 3.22. The van der Waals surface area contributed by atoms with E-state index in [1.165, 1.54) is 5.57 Å². The van der Waals surface area contributed by atoms with E-state index < -0.39 is 0 Å². The highest BCUT2D eigenvalue weighted by Gasteiger charge is 2.10. The molecule has 0 aromatic rings. The summed E-state index contributed by atoms with van der Waals surface area (Å²) in [7, 11) is 0. The Morgan fingerprint density at radius 1 is 1.78 bits per heavy atom. The molecule has 0 amide bonds. The lowest BCUT2D eigenvalue weighted by Crippen LogP contribution is -2.11. The van der Waals surface area contributed by atoms with Crippen LogP contribution in [-0.4, -0.2) is 17.8 Å². The highest BCUT2D eigenvalue weighted by atomic mass is 32.2. The molecule has 1 fully saturated rings. The van der Waals surface area contributed by atoms with Gasteiger partial charge in [-0.1, -0.05) is 12.2 Å². The third-order valence-electron chi connectivity index (χ3n) is 1.23. The van der Waals surface area contributed by atoms with Crippen LogP contribution in [0, 0.1) is 0 Å². The first-order valence-corrected chi connectivity index (χ1v) is 4.54. The van der Waals surface area contributed by atoms with Crippen LogP contribution in [0.2, 0.25) is 0 Å². The molecule has 0 aromatic carbocycles. The highest BCUT2D eigenvalue weighted by molar-refractivity contribution is 8.01. The van der Waals surface area contributed by atoms with E-state index in [9.17, 15) is 0 Å². The number of rotatable bonds is 1. The summed E-state index contributed by atoms with van der Waals surface area (Å²) < 4.78 is 0. The molecule has 0 aliphatic carbocycles. The van der Waals surface area contributed by atoms with Gasteiger partial charge in [-0.15, -0.1) is 11.8 Å². The van der Waals surface area contributed by atoms with E-state index in [1.807, 2.05) is 6.26 Å². The Kier molecular flexibility index (Phi) is 2.54. The van der Waals surface area contributed by atoms with E-state index in [-0.39, 0.29) is 0 Å². The van der Waals surface area contributed by atoms with Gasteiger partial charge in [0, 0.05) is 6.54 Å². The second-order valence-electron chi connectivity index (χ2n) is 1.88. The van der Waals surface area contributed by atoms with Gasteiger partial charge in [-0.2, -0.15) is 0 Å². The molecule has 0 aromatic heterocycles. The van der Waals surface area contributed by atoms with Crippen molar-refractivity contribution >= 4 is 29.0 Å². The van der Waals surface area contributed by atoms with Gasteiger partial charge in [-0.25, -0.2) is 0 Å². The molecule has 0 spiro atoms. The summed E-state index contributed by atoms with van der Waals surface area (Å²) in [6.45, 7) is 1.02. The SMILES string of the molecule is CS/C=C1/CCNC1=S. The smallest absolute Gasteiger partial charge is 0.103 e. The Balaban J connectivity index is 2.59. The molecule has 1 N–H and O–H groups in total. The summed E-state index contributed by atoms with van der Waals surface area (Å²) in [5.74, 6) is 0. The normalized spacial score (nSPS) is 22.8. The minimum Gasteiger partial charge on any atom is -0.376 e. The molecule has 1 rings (SSSR count). The van der Waals surface area contributed by atoms with Gasteiger partial charge in [-0.05, 0) is 23.7 Å². The highest BCUT2D eigenvalue weighted by Crippen LogP contribution is 2.12. The third-order valence-corrected chi connectivity index (χ3v) is 2.16. The predicted molar refractivity (Wildman–Crippen MR) is 46.8 cm³/mol. The van der Waals surface area contributed by atoms with Crippen LogP contribution in [0.4, 0.5) is 0 Å². The van der Waals surface area contributed by atoms with Crippen LogP contribution in [0.5, 0.6) is 0 Å². The van der Waals surface area contributed by atoms with Crippen LogP contribution in [-0.2, 0) is 0 Å². The van der Waals surface area contributed by atoms with E-state index in [1.54, 1.807) is 11.8 Å². The van der Waals surface area contributed by atoms with Crippen LogP contribution < -0.4 is 5.32 Å². The quantitative estimate of drug-likeness (QED) is 0.460. The van der Waals surface area contributed by atoms with Crippen LogP contribution in [0.1, 0.15) is 6.42 Å². The van der Waals surface area contributed by atoms with E-state index >= 15 is 0 Å². The Morgan fingerprint density at radius 2 is 2.56 bits per heavy atom. The van der Waals surface area contributed by atoms with Gasteiger partial charge in [0.05, 0.1) is 0 Å². The molecular formula is C6H9NS2. The van der Waals surface area contributed by atoms with Gasteiger partial charge in [0.25, 0.3) is 0 Å². The maximum absolute atomic E-state index is 5.01. The Bertz CT molecular complexity index is 151. The average Bonchev–Trinajstić information content (AvgIpc) is 2.18. The zero-order valence-corrected chi connectivity index (χ0v) is 6.94. The molecule has 1 saturated heterocycles. The minimum atomic E-state index is 0.935.